The van der Waals surface area contributed by atoms with Crippen LogP contribution in [-0.2, 0) is 65.4 Å². The molecular weight excluding hydrogens is 1290 g/mol. The van der Waals surface area contributed by atoms with Gasteiger partial charge in [-0.1, -0.05) is 363 Å². The van der Waals surface area contributed by atoms with Gasteiger partial charge in [-0.3, -0.25) is 37.3 Å². The van der Waals surface area contributed by atoms with E-state index in [0.717, 1.165) is 108 Å². The predicted molar refractivity (Wildman–Crippen MR) is 405 cm³/mol. The summed E-state index contributed by atoms with van der Waals surface area (Å²) in [6.45, 7) is 11.9. The maximum absolute atomic E-state index is 13.1. The average Bonchev–Trinajstić information content (AvgIpc) is 1.21. The molecule has 588 valence electrons. The van der Waals surface area contributed by atoms with E-state index in [9.17, 15) is 43.2 Å². The van der Waals surface area contributed by atoms with Gasteiger partial charge in [-0.15, -0.1) is 0 Å². The first kappa shape index (κ1) is 97.1. The second-order valence-electron chi connectivity index (χ2n) is 30.2. The number of hydrogen-bond donors (Lipinski definition) is 3. The van der Waals surface area contributed by atoms with Crippen LogP contribution in [0.25, 0.3) is 0 Å². The first-order valence-corrected chi connectivity index (χ1v) is 44.3. The lowest BCUT2D eigenvalue weighted by atomic mass is 10.0. The highest BCUT2D eigenvalue weighted by Crippen LogP contribution is 2.45. The highest BCUT2D eigenvalue weighted by molar-refractivity contribution is 7.47. The van der Waals surface area contributed by atoms with Gasteiger partial charge in [-0.05, 0) is 43.4 Å². The number of rotatable bonds is 78. The summed E-state index contributed by atoms with van der Waals surface area (Å²) in [7, 11) is -9.92. The number of esters is 4. The largest absolute Gasteiger partial charge is 0.472 e. The van der Waals surface area contributed by atoms with Crippen molar-refractivity contribution >= 4 is 39.5 Å². The standard InChI is InChI=1S/C80H156O17P2/c1-8-9-10-11-12-13-14-15-16-22-25-28-34-39-47-54-61-77(82)90-67-75(96-79(84)63-56-49-40-35-29-26-23-20-18-17-19-21-24-27-32-37-44-51-58-71(2)3)69-94-98(86,87)92-65-74(81)66-93-99(88,89)95-70-76(68-91-78(83)62-55-48-43-42-46-53-60-73(6)7)97-80(85)64-57-50-41-36-31-30-33-38-45-52-59-72(4)5/h71-76,81H,8-70H2,1-7H3,(H,86,87)(H,88,89)/t74-,75-,76-/m1/s1. The molecule has 0 saturated heterocycles. The molecule has 0 aromatic rings. The molecule has 0 amide bonds. The van der Waals surface area contributed by atoms with Crippen LogP contribution in [0.15, 0.2) is 0 Å². The Hall–Kier alpha value is -1.94. The van der Waals surface area contributed by atoms with Gasteiger partial charge in [0.25, 0.3) is 0 Å². The summed E-state index contributed by atoms with van der Waals surface area (Å²) in [5, 5.41) is 10.6. The summed E-state index contributed by atoms with van der Waals surface area (Å²) >= 11 is 0. The van der Waals surface area contributed by atoms with Crippen LogP contribution in [0.5, 0.6) is 0 Å². The fraction of sp³-hybridized carbons (Fsp3) is 0.950. The van der Waals surface area contributed by atoms with Crippen LogP contribution in [0, 0.1) is 17.8 Å². The lowest BCUT2D eigenvalue weighted by molar-refractivity contribution is -0.161. The molecule has 17 nitrogen and oxygen atoms in total. The molecule has 0 radical (unpaired) electrons. The highest BCUT2D eigenvalue weighted by atomic mass is 31.2. The third-order valence-corrected chi connectivity index (χ3v) is 20.5. The molecule has 19 heteroatoms. The van der Waals surface area contributed by atoms with Gasteiger partial charge < -0.3 is 33.8 Å². The molecule has 0 aromatic heterocycles. The molecule has 0 rings (SSSR count). The van der Waals surface area contributed by atoms with Crippen molar-refractivity contribution in [2.45, 2.75) is 433 Å². The number of aliphatic hydroxyl groups excluding tert-OH is 1. The van der Waals surface area contributed by atoms with Crippen molar-refractivity contribution in [1.29, 1.82) is 0 Å². The zero-order chi connectivity index (χ0) is 73.0. The lowest BCUT2D eigenvalue weighted by Gasteiger charge is -2.21. The minimum atomic E-state index is -4.96. The Balaban J connectivity index is 5.21. The van der Waals surface area contributed by atoms with Crippen molar-refractivity contribution in [3.05, 3.63) is 0 Å². The minimum absolute atomic E-state index is 0.105. The van der Waals surface area contributed by atoms with E-state index in [1.807, 2.05) is 0 Å². The van der Waals surface area contributed by atoms with E-state index >= 15 is 0 Å². The normalized spacial score (nSPS) is 14.0. The average molecular weight is 1450 g/mol. The molecule has 0 spiro atoms. The van der Waals surface area contributed by atoms with Crippen LogP contribution < -0.4 is 0 Å². The zero-order valence-electron chi connectivity index (χ0n) is 65.0. The van der Waals surface area contributed by atoms with E-state index in [1.165, 1.54) is 218 Å². The number of aliphatic hydroxyl groups is 1. The van der Waals surface area contributed by atoms with Crippen molar-refractivity contribution in [3.8, 4) is 0 Å². The van der Waals surface area contributed by atoms with Gasteiger partial charge >= 0.3 is 39.5 Å². The molecule has 3 N–H and O–H groups in total. The number of phosphoric acid groups is 2. The lowest BCUT2D eigenvalue weighted by Crippen LogP contribution is -2.30. The molecule has 0 aliphatic heterocycles. The molecule has 0 saturated carbocycles. The Morgan fingerprint density at radius 1 is 0.273 bits per heavy atom. The summed E-state index contributed by atoms with van der Waals surface area (Å²) in [5.41, 5.74) is 0. The monoisotopic (exact) mass is 1450 g/mol. The van der Waals surface area contributed by atoms with Crippen molar-refractivity contribution < 1.29 is 80.2 Å². The molecule has 0 fully saturated rings. The number of carbonyl (C=O) groups is 4. The van der Waals surface area contributed by atoms with E-state index in [2.05, 4.69) is 48.5 Å². The van der Waals surface area contributed by atoms with Crippen molar-refractivity contribution in [3.63, 3.8) is 0 Å². The number of ether oxygens (including phenoxy) is 4. The quantitative estimate of drug-likeness (QED) is 0.0222. The van der Waals surface area contributed by atoms with Gasteiger partial charge in [0, 0.05) is 25.7 Å². The number of carbonyl (C=O) groups excluding carboxylic acids is 4. The number of phosphoric ester groups is 2. The topological polar surface area (TPSA) is 237 Å². The number of hydrogen-bond acceptors (Lipinski definition) is 15. The summed E-state index contributed by atoms with van der Waals surface area (Å²) < 4.78 is 68.6. The van der Waals surface area contributed by atoms with Crippen LogP contribution in [0.1, 0.15) is 414 Å². The molecule has 99 heavy (non-hydrogen) atoms. The fourth-order valence-corrected chi connectivity index (χ4v) is 13.9. The van der Waals surface area contributed by atoms with Gasteiger partial charge in [0.15, 0.2) is 12.2 Å². The Kier molecular flexibility index (Phi) is 69.0. The van der Waals surface area contributed by atoms with Crippen molar-refractivity contribution in [2.24, 2.45) is 17.8 Å². The zero-order valence-corrected chi connectivity index (χ0v) is 66.8. The van der Waals surface area contributed by atoms with Crippen LogP contribution in [-0.4, -0.2) is 96.7 Å². The van der Waals surface area contributed by atoms with Crippen molar-refractivity contribution in [1.82, 2.24) is 0 Å². The van der Waals surface area contributed by atoms with Gasteiger partial charge in [-0.25, -0.2) is 9.13 Å². The molecule has 5 atom stereocenters. The van der Waals surface area contributed by atoms with Crippen LogP contribution in [0.2, 0.25) is 0 Å². The Labute approximate surface area is 607 Å². The molecule has 0 heterocycles. The predicted octanol–water partition coefficient (Wildman–Crippen LogP) is 23.7. The third-order valence-electron chi connectivity index (χ3n) is 18.6. The first-order valence-electron chi connectivity index (χ1n) is 41.3. The highest BCUT2D eigenvalue weighted by Gasteiger charge is 2.30. The molecule has 0 aromatic carbocycles. The van der Waals surface area contributed by atoms with E-state index in [0.29, 0.717) is 31.6 Å². The van der Waals surface area contributed by atoms with Crippen LogP contribution >= 0.6 is 15.6 Å². The molecule has 0 aliphatic carbocycles. The molecule has 2 unspecified atom stereocenters. The van der Waals surface area contributed by atoms with Gasteiger partial charge in [0.1, 0.15) is 19.3 Å². The molecule has 0 aliphatic rings. The Bertz CT molecular complexity index is 1920. The first-order chi connectivity index (χ1) is 47.7. The minimum Gasteiger partial charge on any atom is -0.462 e. The van der Waals surface area contributed by atoms with Gasteiger partial charge in [0.05, 0.1) is 26.4 Å². The third kappa shape index (κ3) is 74.1. The Morgan fingerprint density at radius 2 is 0.465 bits per heavy atom. The second kappa shape index (κ2) is 70.4. The van der Waals surface area contributed by atoms with Gasteiger partial charge in [0.2, 0.25) is 0 Å². The maximum atomic E-state index is 13.1. The van der Waals surface area contributed by atoms with Crippen LogP contribution in [0.3, 0.4) is 0 Å². The maximum Gasteiger partial charge on any atom is 0.472 e. The fourth-order valence-electron chi connectivity index (χ4n) is 12.3. The van der Waals surface area contributed by atoms with Gasteiger partial charge in [-0.2, -0.15) is 0 Å². The second-order valence-corrected chi connectivity index (χ2v) is 33.1. The van der Waals surface area contributed by atoms with E-state index in [-0.39, 0.29) is 25.7 Å². The van der Waals surface area contributed by atoms with E-state index in [4.69, 9.17) is 37.0 Å². The SMILES string of the molecule is CCCCCCCCCCCCCCCCCCC(=O)OC[C@H](COP(=O)(O)OC[C@@H](O)COP(=O)(O)OC[C@@H](COC(=O)CCCCCCCCC(C)C)OC(=O)CCCCCCCCCCCCC(C)C)OC(=O)CCCCCCCCCCCCCCCCCCCCC(C)C. The van der Waals surface area contributed by atoms with E-state index < -0.39 is 97.5 Å². The van der Waals surface area contributed by atoms with E-state index in [1.54, 1.807) is 0 Å². The Morgan fingerprint density at radius 3 is 0.687 bits per heavy atom. The smallest absolute Gasteiger partial charge is 0.462 e. The summed E-state index contributed by atoms with van der Waals surface area (Å²) in [4.78, 5) is 72.9. The van der Waals surface area contributed by atoms with Crippen molar-refractivity contribution in [2.75, 3.05) is 39.6 Å². The van der Waals surface area contributed by atoms with Crippen LogP contribution in [0.4, 0.5) is 0 Å². The molecular formula is C80H156O17P2. The summed E-state index contributed by atoms with van der Waals surface area (Å²) in [6, 6.07) is 0. The number of unbranched alkanes of at least 4 members (excludes halogenated alkanes) is 46. The molecule has 0 bridgehead atoms. The summed E-state index contributed by atoms with van der Waals surface area (Å²) in [5.74, 6) is 0.137. The summed E-state index contributed by atoms with van der Waals surface area (Å²) in [6.07, 6.45) is 58.5.